The van der Waals surface area contributed by atoms with Crippen molar-refractivity contribution in [2.24, 2.45) is 0 Å². The van der Waals surface area contributed by atoms with Gasteiger partial charge in [-0.25, -0.2) is 0 Å². The van der Waals surface area contributed by atoms with Crippen molar-refractivity contribution < 1.29 is 30.9 Å². The minimum absolute atomic E-state index is 0.376. The van der Waals surface area contributed by atoms with Gasteiger partial charge in [0.25, 0.3) is 0 Å². The molecule has 0 bridgehead atoms. The van der Waals surface area contributed by atoms with E-state index in [-0.39, 0.29) is 6.61 Å². The van der Waals surface area contributed by atoms with Crippen molar-refractivity contribution in [2.75, 3.05) is 20.3 Å². The summed E-state index contributed by atoms with van der Waals surface area (Å²) in [5.74, 6) is 0. The number of ether oxygens (including phenoxy) is 3. The van der Waals surface area contributed by atoms with Crippen molar-refractivity contribution in [3.63, 3.8) is 0 Å². The molecule has 150 valence electrons. The Balaban J connectivity index is 2.21. The first-order valence-corrected chi connectivity index (χ1v) is 9.78. The van der Waals surface area contributed by atoms with Crippen molar-refractivity contribution in [1.82, 2.24) is 0 Å². The number of rotatable bonds is 14. The van der Waals surface area contributed by atoms with E-state index in [0.29, 0.717) is 6.42 Å². The molecule has 6 nitrogen and oxygen atoms in total. The molecule has 1 aliphatic heterocycles. The van der Waals surface area contributed by atoms with Crippen LogP contribution in [0.4, 0.5) is 0 Å². The Kier molecular flexibility index (Phi) is 11.7. The van der Waals surface area contributed by atoms with E-state index in [0.717, 1.165) is 12.8 Å². The highest BCUT2D eigenvalue weighted by Crippen LogP contribution is 2.24. The monoisotopic (exact) mass is 363 g/mol. The summed E-state index contributed by atoms with van der Waals surface area (Å²) in [6.07, 6.45) is 6.11. The minimum atomic E-state index is -1.27. The predicted molar refractivity (Wildman–Crippen MR) is 96.4 cm³/mol. The van der Waals surface area contributed by atoms with E-state index in [2.05, 4.69) is 6.92 Å². The molecular formula is C19H38O6. The number of aliphatic hydroxyl groups is 3. The Hall–Kier alpha value is -0.240. The number of hydrogen-bond acceptors (Lipinski definition) is 6. The third kappa shape index (κ3) is 8.33. The van der Waals surface area contributed by atoms with Gasteiger partial charge in [0.1, 0.15) is 24.4 Å². The molecule has 1 fully saturated rings. The van der Waals surface area contributed by atoms with Crippen LogP contribution in [0.2, 0.25) is 0 Å². The van der Waals surface area contributed by atoms with Crippen LogP contribution in [0.25, 0.3) is 0 Å². The topological polar surface area (TPSA) is 88.4 Å². The van der Waals surface area contributed by atoms with Gasteiger partial charge in [-0.1, -0.05) is 64.7 Å². The maximum atomic E-state index is 10.2. The minimum Gasteiger partial charge on any atom is -0.394 e. The van der Waals surface area contributed by atoms with Crippen molar-refractivity contribution >= 4 is 0 Å². The smallest absolute Gasteiger partial charge is 0.186 e. The van der Waals surface area contributed by atoms with Crippen LogP contribution in [0, 0.1) is 0 Å². The van der Waals surface area contributed by atoms with Crippen LogP contribution in [0.3, 0.4) is 0 Å². The maximum Gasteiger partial charge on any atom is 0.186 e. The molecule has 25 heavy (non-hydrogen) atoms. The predicted octanol–water partition coefficient (Wildman–Crippen LogP) is 2.38. The number of methoxy groups -OCH3 is 1. The molecule has 1 aliphatic rings. The summed E-state index contributed by atoms with van der Waals surface area (Å²) in [7, 11) is 1.35. The zero-order valence-electron chi connectivity index (χ0n) is 16.8. The van der Waals surface area contributed by atoms with E-state index >= 15 is 0 Å². The molecular weight excluding hydrogens is 324 g/mol. The van der Waals surface area contributed by atoms with Gasteiger partial charge in [-0.15, -0.1) is 0 Å². The number of aliphatic hydroxyl groups excluding tert-OH is 3. The molecule has 1 heterocycles. The van der Waals surface area contributed by atoms with Gasteiger partial charge in [0, 0.05) is 13.7 Å². The molecule has 6 heteroatoms. The lowest BCUT2D eigenvalue weighted by Gasteiger charge is -2.41. The second-order valence-corrected chi connectivity index (χ2v) is 6.83. The molecule has 6 atom stereocenters. The Bertz CT molecular complexity index is 344. The summed E-state index contributed by atoms with van der Waals surface area (Å²) in [5, 5.41) is 29.6. The van der Waals surface area contributed by atoms with Gasteiger partial charge in [-0.05, 0) is 6.42 Å². The van der Waals surface area contributed by atoms with Crippen LogP contribution in [-0.2, 0) is 14.2 Å². The molecule has 0 saturated carbocycles. The maximum absolute atomic E-state index is 10.2. The molecule has 0 aromatic heterocycles. The number of hydrogen-bond donors (Lipinski definition) is 3. The van der Waals surface area contributed by atoms with Gasteiger partial charge in [-0.3, -0.25) is 0 Å². The fourth-order valence-electron chi connectivity index (χ4n) is 3.13. The van der Waals surface area contributed by atoms with Crippen LogP contribution in [-0.4, -0.2) is 66.3 Å². The van der Waals surface area contributed by atoms with Gasteiger partial charge >= 0.3 is 0 Å². The van der Waals surface area contributed by atoms with E-state index in [1.54, 1.807) is 0 Å². The van der Waals surface area contributed by atoms with E-state index in [1.165, 1.54) is 52.1 Å². The Morgan fingerprint density at radius 2 is 1.48 bits per heavy atom. The lowest BCUT2D eigenvalue weighted by Crippen LogP contribution is -2.59. The normalized spacial score (nSPS) is 31.7. The van der Waals surface area contributed by atoms with Crippen molar-refractivity contribution in [3.05, 3.63) is 0 Å². The van der Waals surface area contributed by atoms with E-state index in [9.17, 15) is 15.3 Å². The molecule has 1 rings (SSSR count). The summed E-state index contributed by atoms with van der Waals surface area (Å²) in [6, 6.07) is 0. The van der Waals surface area contributed by atoms with Gasteiger partial charge in [0.2, 0.25) is 0 Å². The third-order valence-electron chi connectivity index (χ3n) is 4.73. The van der Waals surface area contributed by atoms with E-state index < -0.39 is 37.3 Å². The van der Waals surface area contributed by atoms with Crippen LogP contribution in [0.15, 0.2) is 0 Å². The quantitative estimate of drug-likeness (QED) is 0.411. The molecule has 0 aromatic carbocycles. The van der Waals surface area contributed by atoms with Crippen LogP contribution in [0.5, 0.6) is 0 Å². The highest BCUT2D eigenvalue weighted by atomic mass is 16.7. The van der Waals surface area contributed by atoms with Gasteiger partial charge in [0.15, 0.2) is 6.29 Å². The molecule has 0 radical (unpaired) electrons. The first-order valence-electron chi connectivity index (χ1n) is 10.4. The molecule has 0 spiro atoms. The summed E-state index contributed by atoms with van der Waals surface area (Å²) in [5.41, 5.74) is 0. The zero-order chi connectivity index (χ0) is 19.4. The second kappa shape index (κ2) is 13.9. The van der Waals surface area contributed by atoms with Crippen LogP contribution < -0.4 is 0 Å². The van der Waals surface area contributed by atoms with E-state index in [4.69, 9.17) is 15.6 Å². The molecule has 0 amide bonds. The van der Waals surface area contributed by atoms with Crippen molar-refractivity contribution in [3.8, 4) is 0 Å². The molecule has 1 saturated heterocycles. The summed E-state index contributed by atoms with van der Waals surface area (Å²) < 4.78 is 23.9. The summed E-state index contributed by atoms with van der Waals surface area (Å²) in [4.78, 5) is 0. The Morgan fingerprint density at radius 3 is 2.00 bits per heavy atom. The second-order valence-electron chi connectivity index (χ2n) is 6.83. The van der Waals surface area contributed by atoms with Crippen LogP contribution in [0.1, 0.15) is 72.5 Å². The average Bonchev–Trinajstić information content (AvgIpc) is 2.64. The van der Waals surface area contributed by atoms with Gasteiger partial charge < -0.3 is 29.5 Å². The fourth-order valence-corrected chi connectivity index (χ4v) is 3.13. The fraction of sp³-hybridized carbons (Fsp3) is 1.00. The van der Waals surface area contributed by atoms with E-state index in [1.807, 2.05) is 0 Å². The SMILES string of the molecule is [2H]C(CCCCCCCCCCC)O[C@@H]1[C@H](O)[C@@H](O)C(OC)O[C@@H]1CO. The lowest BCUT2D eigenvalue weighted by molar-refractivity contribution is -0.301. The highest BCUT2D eigenvalue weighted by molar-refractivity contribution is 4.90. The number of unbranched alkanes of at least 4 members (excludes halogenated alkanes) is 8. The average molecular weight is 364 g/mol. The first-order chi connectivity index (χ1) is 12.5. The standard InChI is InChI=1S/C19H38O6/c1-3-4-5-6-7-8-9-10-11-12-13-24-18-15(14-20)25-19(23-2)17(22)16(18)21/h15-22H,3-14H2,1-2H3/t15-,16-,17-,18+,19?/m1/s1/i13D/t13?,15-,16-,17-,18+,19?. The molecule has 0 aliphatic carbocycles. The zero-order valence-corrected chi connectivity index (χ0v) is 15.8. The third-order valence-corrected chi connectivity index (χ3v) is 4.73. The first kappa shape index (κ1) is 21.1. The molecule has 0 aromatic rings. The summed E-state index contributed by atoms with van der Waals surface area (Å²) in [6.45, 7) is 1.03. The highest BCUT2D eigenvalue weighted by Gasteiger charge is 2.45. The Morgan fingerprint density at radius 1 is 0.920 bits per heavy atom. The van der Waals surface area contributed by atoms with Crippen molar-refractivity contribution in [2.45, 2.75) is 102 Å². The largest absolute Gasteiger partial charge is 0.394 e. The summed E-state index contributed by atoms with van der Waals surface area (Å²) >= 11 is 0. The van der Waals surface area contributed by atoms with Crippen LogP contribution >= 0.6 is 0 Å². The van der Waals surface area contributed by atoms with Gasteiger partial charge in [-0.2, -0.15) is 0 Å². The lowest BCUT2D eigenvalue weighted by atomic mass is 9.99. The molecule has 3 N–H and O–H groups in total. The molecule has 2 unspecified atom stereocenters. The van der Waals surface area contributed by atoms with Crippen molar-refractivity contribution in [1.29, 1.82) is 0 Å². The Labute approximate surface area is 153 Å². The van der Waals surface area contributed by atoms with Gasteiger partial charge in [0.05, 0.1) is 7.98 Å².